The second-order valence-electron chi connectivity index (χ2n) is 4.24. The number of hydrogen-bond donors (Lipinski definition) is 1. The van der Waals surface area contributed by atoms with E-state index >= 15 is 0 Å². The molecule has 0 aliphatic rings. The van der Waals surface area contributed by atoms with E-state index in [1.54, 1.807) is 13.8 Å². The quantitative estimate of drug-likeness (QED) is 0.380. The van der Waals surface area contributed by atoms with Crippen molar-refractivity contribution >= 4 is 16.4 Å². The van der Waals surface area contributed by atoms with E-state index in [0.717, 1.165) is 0 Å². The van der Waals surface area contributed by atoms with Crippen LogP contribution in [0, 0.1) is 5.41 Å². The van der Waals surface area contributed by atoms with Gasteiger partial charge in [0.25, 0.3) is 0 Å². The summed E-state index contributed by atoms with van der Waals surface area (Å²) in [5, 5.41) is 0. The molecule has 0 heterocycles. The average molecular weight is 284 g/mol. The monoisotopic (exact) mass is 284 g/mol. The first-order chi connectivity index (χ1) is 8.19. The second kappa shape index (κ2) is 7.67. The largest absolute Gasteiger partial charge is 0.463 e. The first-order valence-electron chi connectivity index (χ1n) is 5.56. The standard InChI is InChI=1S/C10H20O7S/c1-4-10(2,3)9(11)16-7-5-15-6-8-17-18(12,13)14/h4-8H2,1-3H3,(H,12,13,14). The molecule has 0 spiro atoms. The summed E-state index contributed by atoms with van der Waals surface area (Å²) in [4.78, 5) is 11.5. The SMILES string of the molecule is CCC(C)(C)C(=O)OCCOCCOS(=O)(=O)O. The van der Waals surface area contributed by atoms with E-state index < -0.39 is 15.8 Å². The van der Waals surface area contributed by atoms with Gasteiger partial charge >= 0.3 is 16.4 Å². The van der Waals surface area contributed by atoms with Crippen molar-refractivity contribution < 1.29 is 31.4 Å². The van der Waals surface area contributed by atoms with E-state index in [9.17, 15) is 13.2 Å². The number of ether oxygens (including phenoxy) is 2. The minimum Gasteiger partial charge on any atom is -0.463 e. The number of hydrogen-bond acceptors (Lipinski definition) is 6. The fraction of sp³-hybridized carbons (Fsp3) is 0.900. The zero-order chi connectivity index (χ0) is 14.2. The van der Waals surface area contributed by atoms with Crippen molar-refractivity contribution in [3.8, 4) is 0 Å². The zero-order valence-electron chi connectivity index (χ0n) is 10.8. The van der Waals surface area contributed by atoms with Crippen LogP contribution < -0.4 is 0 Å². The van der Waals surface area contributed by atoms with Gasteiger partial charge in [-0.2, -0.15) is 8.42 Å². The first-order valence-corrected chi connectivity index (χ1v) is 6.92. The molecule has 0 aromatic heterocycles. The van der Waals surface area contributed by atoms with Gasteiger partial charge < -0.3 is 9.47 Å². The van der Waals surface area contributed by atoms with Crippen LogP contribution in [-0.2, 0) is 28.9 Å². The maximum atomic E-state index is 11.5. The summed E-state index contributed by atoms with van der Waals surface area (Å²) in [7, 11) is -4.42. The van der Waals surface area contributed by atoms with Gasteiger partial charge in [-0.05, 0) is 20.3 Å². The van der Waals surface area contributed by atoms with E-state index in [1.807, 2.05) is 6.92 Å². The first kappa shape index (κ1) is 17.3. The molecule has 0 rings (SSSR count). The third kappa shape index (κ3) is 8.40. The van der Waals surface area contributed by atoms with Gasteiger partial charge in [0.05, 0.1) is 25.2 Å². The molecule has 0 bridgehead atoms. The molecule has 0 fully saturated rings. The Balaban J connectivity index is 3.55. The molecule has 0 aromatic rings. The van der Waals surface area contributed by atoms with Crippen LogP contribution in [0.5, 0.6) is 0 Å². The third-order valence-corrected chi connectivity index (χ3v) is 2.82. The lowest BCUT2D eigenvalue weighted by atomic mass is 9.91. The molecule has 0 atom stereocenters. The van der Waals surface area contributed by atoms with Crippen LogP contribution in [0.15, 0.2) is 0 Å². The zero-order valence-corrected chi connectivity index (χ0v) is 11.7. The van der Waals surface area contributed by atoms with Crippen molar-refractivity contribution in [2.24, 2.45) is 5.41 Å². The maximum Gasteiger partial charge on any atom is 0.397 e. The predicted octanol–water partition coefficient (Wildman–Crippen LogP) is 0.802. The van der Waals surface area contributed by atoms with Gasteiger partial charge in [0, 0.05) is 0 Å². The molecule has 0 radical (unpaired) electrons. The van der Waals surface area contributed by atoms with Crippen LogP contribution >= 0.6 is 0 Å². The van der Waals surface area contributed by atoms with E-state index in [1.165, 1.54) is 0 Å². The molecule has 7 nitrogen and oxygen atoms in total. The maximum absolute atomic E-state index is 11.5. The fourth-order valence-corrected chi connectivity index (χ4v) is 1.11. The molecule has 8 heteroatoms. The lowest BCUT2D eigenvalue weighted by molar-refractivity contribution is -0.155. The minimum absolute atomic E-state index is 0.0193. The predicted molar refractivity (Wildman–Crippen MR) is 63.4 cm³/mol. The highest BCUT2D eigenvalue weighted by Crippen LogP contribution is 2.21. The Hall–Kier alpha value is -0.700. The van der Waals surface area contributed by atoms with Gasteiger partial charge in [0.15, 0.2) is 0 Å². The van der Waals surface area contributed by atoms with Crippen molar-refractivity contribution in [3.05, 3.63) is 0 Å². The van der Waals surface area contributed by atoms with Gasteiger partial charge in [-0.25, -0.2) is 4.18 Å². The van der Waals surface area contributed by atoms with Gasteiger partial charge in [-0.15, -0.1) is 0 Å². The Bertz CT molecular complexity index is 347. The molecular formula is C10H20O7S. The van der Waals surface area contributed by atoms with Gasteiger partial charge in [0.1, 0.15) is 6.61 Å². The summed E-state index contributed by atoms with van der Waals surface area (Å²) >= 11 is 0. The molecular weight excluding hydrogens is 264 g/mol. The van der Waals surface area contributed by atoms with E-state index in [2.05, 4.69) is 4.18 Å². The molecule has 0 aliphatic carbocycles. The summed E-state index contributed by atoms with van der Waals surface area (Å²) in [6.07, 6.45) is 0.675. The molecule has 18 heavy (non-hydrogen) atoms. The molecule has 0 aliphatic heterocycles. The Morgan fingerprint density at radius 2 is 1.72 bits per heavy atom. The second-order valence-corrected chi connectivity index (χ2v) is 5.33. The number of carbonyl (C=O) groups is 1. The molecule has 0 aromatic carbocycles. The van der Waals surface area contributed by atoms with Crippen molar-refractivity contribution in [1.29, 1.82) is 0 Å². The number of rotatable bonds is 9. The van der Waals surface area contributed by atoms with Crippen LogP contribution in [0.2, 0.25) is 0 Å². The van der Waals surface area contributed by atoms with Gasteiger partial charge in [-0.3, -0.25) is 9.35 Å². The van der Waals surface area contributed by atoms with Gasteiger partial charge in [0.2, 0.25) is 0 Å². The van der Waals surface area contributed by atoms with Crippen LogP contribution in [0.25, 0.3) is 0 Å². The van der Waals surface area contributed by atoms with Crippen molar-refractivity contribution in [2.45, 2.75) is 27.2 Å². The molecule has 0 saturated carbocycles. The Kier molecular flexibility index (Phi) is 7.37. The Morgan fingerprint density at radius 3 is 2.22 bits per heavy atom. The van der Waals surface area contributed by atoms with E-state index in [0.29, 0.717) is 6.42 Å². The third-order valence-electron chi connectivity index (χ3n) is 2.36. The van der Waals surface area contributed by atoms with Crippen LogP contribution in [0.1, 0.15) is 27.2 Å². The number of carbonyl (C=O) groups excluding carboxylic acids is 1. The van der Waals surface area contributed by atoms with Crippen molar-refractivity contribution in [1.82, 2.24) is 0 Å². The molecule has 0 amide bonds. The molecule has 108 valence electrons. The fourth-order valence-electron chi connectivity index (χ4n) is 0.833. The summed E-state index contributed by atoms with van der Waals surface area (Å²) in [5.41, 5.74) is -0.520. The van der Waals surface area contributed by atoms with Crippen LogP contribution in [0.3, 0.4) is 0 Å². The van der Waals surface area contributed by atoms with Gasteiger partial charge in [-0.1, -0.05) is 6.92 Å². The smallest absolute Gasteiger partial charge is 0.397 e. The summed E-state index contributed by atoms with van der Waals surface area (Å²) in [6.45, 7) is 5.40. The van der Waals surface area contributed by atoms with E-state index in [-0.39, 0.29) is 32.4 Å². The number of esters is 1. The van der Waals surface area contributed by atoms with E-state index in [4.69, 9.17) is 14.0 Å². The van der Waals surface area contributed by atoms with Crippen molar-refractivity contribution in [2.75, 3.05) is 26.4 Å². The van der Waals surface area contributed by atoms with Crippen LogP contribution in [-0.4, -0.2) is 45.4 Å². The molecule has 0 saturated heterocycles. The van der Waals surface area contributed by atoms with Crippen molar-refractivity contribution in [3.63, 3.8) is 0 Å². The highest BCUT2D eigenvalue weighted by Gasteiger charge is 2.26. The normalized spacial score (nSPS) is 12.4. The Morgan fingerprint density at radius 1 is 1.17 bits per heavy atom. The summed E-state index contributed by atoms with van der Waals surface area (Å²) in [5.74, 6) is -0.303. The summed E-state index contributed by atoms with van der Waals surface area (Å²) < 4.78 is 42.5. The van der Waals surface area contributed by atoms with Crippen LogP contribution in [0.4, 0.5) is 0 Å². The lowest BCUT2D eigenvalue weighted by Crippen LogP contribution is -2.27. The molecule has 0 unspecified atom stereocenters. The highest BCUT2D eigenvalue weighted by atomic mass is 32.3. The minimum atomic E-state index is -4.42. The average Bonchev–Trinajstić information content (AvgIpc) is 2.25. The Labute approximate surface area is 107 Å². The summed E-state index contributed by atoms with van der Waals surface area (Å²) in [6, 6.07) is 0. The molecule has 1 N–H and O–H groups in total. The highest BCUT2D eigenvalue weighted by molar-refractivity contribution is 7.80. The topological polar surface area (TPSA) is 99.1 Å². The lowest BCUT2D eigenvalue weighted by Gasteiger charge is -2.20.